The highest BCUT2D eigenvalue weighted by Gasteiger charge is 2.44. The van der Waals surface area contributed by atoms with Gasteiger partial charge in [0.15, 0.2) is 4.67 Å². The molecule has 1 aromatic heterocycles. The second kappa shape index (κ2) is 6.20. The SMILES string of the molecule is CCCNC(c1ccoc1Br)C1CCOC2(CCC2)C1. The molecule has 2 atom stereocenters. The third kappa shape index (κ3) is 2.83. The van der Waals surface area contributed by atoms with Crippen LogP contribution in [0.3, 0.4) is 0 Å². The van der Waals surface area contributed by atoms with E-state index in [2.05, 4.69) is 34.2 Å². The summed E-state index contributed by atoms with van der Waals surface area (Å²) in [6, 6.07) is 2.48. The van der Waals surface area contributed by atoms with Gasteiger partial charge in [0.2, 0.25) is 0 Å². The minimum absolute atomic E-state index is 0.200. The molecule has 2 unspecified atom stereocenters. The molecular weight excluding hydrogens is 318 g/mol. The third-order valence-corrected chi connectivity index (χ3v) is 5.51. The van der Waals surface area contributed by atoms with Gasteiger partial charge in [-0.2, -0.15) is 0 Å². The van der Waals surface area contributed by atoms with Gasteiger partial charge >= 0.3 is 0 Å². The zero-order chi connectivity index (χ0) is 14.0. The fraction of sp³-hybridized carbons (Fsp3) is 0.750. The lowest BCUT2D eigenvalue weighted by molar-refractivity contribution is -0.147. The summed E-state index contributed by atoms with van der Waals surface area (Å²) in [5.74, 6) is 0.643. The Morgan fingerprint density at radius 3 is 2.95 bits per heavy atom. The number of nitrogens with one attached hydrogen (secondary N) is 1. The molecular formula is C16H24BrNO2. The van der Waals surface area contributed by atoms with Gasteiger partial charge in [0.05, 0.1) is 11.9 Å². The van der Waals surface area contributed by atoms with Crippen molar-refractivity contribution in [3.05, 3.63) is 22.6 Å². The fourth-order valence-electron chi connectivity index (χ4n) is 3.63. The zero-order valence-corrected chi connectivity index (χ0v) is 13.7. The molecule has 1 aromatic rings. The molecule has 4 heteroatoms. The van der Waals surface area contributed by atoms with E-state index in [9.17, 15) is 0 Å². The Morgan fingerprint density at radius 2 is 2.35 bits per heavy atom. The van der Waals surface area contributed by atoms with Gasteiger partial charge in [-0.25, -0.2) is 0 Å². The summed E-state index contributed by atoms with van der Waals surface area (Å²) in [5.41, 5.74) is 1.46. The highest BCUT2D eigenvalue weighted by Crippen LogP contribution is 2.47. The first kappa shape index (κ1) is 14.6. The Balaban J connectivity index is 1.76. The second-order valence-corrected chi connectivity index (χ2v) is 6.94. The Morgan fingerprint density at radius 1 is 1.50 bits per heavy atom. The molecule has 20 heavy (non-hydrogen) atoms. The monoisotopic (exact) mass is 341 g/mol. The summed E-state index contributed by atoms with van der Waals surface area (Å²) in [7, 11) is 0. The summed E-state index contributed by atoms with van der Waals surface area (Å²) < 4.78 is 12.4. The molecule has 1 aliphatic carbocycles. The molecule has 1 aliphatic heterocycles. The Hall–Kier alpha value is -0.320. The van der Waals surface area contributed by atoms with Gasteiger partial charge in [0.1, 0.15) is 0 Å². The minimum atomic E-state index is 0.200. The van der Waals surface area contributed by atoms with Crippen LogP contribution in [0.5, 0.6) is 0 Å². The van der Waals surface area contributed by atoms with Crippen LogP contribution in [0.1, 0.15) is 57.1 Å². The largest absolute Gasteiger partial charge is 0.457 e. The summed E-state index contributed by atoms with van der Waals surface area (Å²) in [5, 5.41) is 3.72. The van der Waals surface area contributed by atoms with E-state index in [0.717, 1.165) is 30.7 Å². The van der Waals surface area contributed by atoms with Crippen LogP contribution in [0.15, 0.2) is 21.4 Å². The number of furan rings is 1. The summed E-state index contributed by atoms with van der Waals surface area (Å²) in [6.07, 6.45) is 9.08. The van der Waals surface area contributed by atoms with Crippen molar-refractivity contribution in [3.8, 4) is 0 Å². The lowest BCUT2D eigenvalue weighted by atomic mass is 9.70. The molecule has 0 radical (unpaired) electrons. The van der Waals surface area contributed by atoms with Crippen molar-refractivity contribution in [2.75, 3.05) is 13.2 Å². The van der Waals surface area contributed by atoms with Crippen LogP contribution in [0.25, 0.3) is 0 Å². The topological polar surface area (TPSA) is 34.4 Å². The molecule has 1 saturated carbocycles. The lowest BCUT2D eigenvalue weighted by Crippen LogP contribution is -2.48. The van der Waals surface area contributed by atoms with Crippen LogP contribution in [0.2, 0.25) is 0 Å². The molecule has 3 rings (SSSR count). The maximum absolute atomic E-state index is 6.07. The first-order chi connectivity index (χ1) is 9.74. The van der Waals surface area contributed by atoms with Crippen molar-refractivity contribution in [2.24, 2.45) is 5.92 Å². The van der Waals surface area contributed by atoms with Crippen molar-refractivity contribution in [1.82, 2.24) is 5.32 Å². The first-order valence-corrected chi connectivity index (χ1v) is 8.64. The standard InChI is InChI=1S/C16H24BrNO2/c1-2-8-18-14(13-5-9-19-15(13)17)12-4-10-20-16(11-12)6-3-7-16/h5,9,12,14,18H,2-4,6-8,10-11H2,1H3. The maximum Gasteiger partial charge on any atom is 0.173 e. The highest BCUT2D eigenvalue weighted by molar-refractivity contribution is 9.10. The van der Waals surface area contributed by atoms with Crippen molar-refractivity contribution in [1.29, 1.82) is 0 Å². The predicted molar refractivity (Wildman–Crippen MR) is 82.7 cm³/mol. The van der Waals surface area contributed by atoms with Gasteiger partial charge in [-0.15, -0.1) is 0 Å². The third-order valence-electron chi connectivity index (χ3n) is 4.86. The maximum atomic E-state index is 6.07. The minimum Gasteiger partial charge on any atom is -0.457 e. The van der Waals surface area contributed by atoms with Crippen molar-refractivity contribution < 1.29 is 9.15 Å². The molecule has 1 N–H and O–H groups in total. The van der Waals surface area contributed by atoms with Crippen molar-refractivity contribution in [3.63, 3.8) is 0 Å². The number of ether oxygens (including phenoxy) is 1. The van der Waals surface area contributed by atoms with Crippen molar-refractivity contribution in [2.45, 2.75) is 57.1 Å². The number of halogens is 1. The van der Waals surface area contributed by atoms with E-state index in [1.165, 1.54) is 31.2 Å². The van der Waals surface area contributed by atoms with Gasteiger partial charge in [-0.1, -0.05) is 6.92 Å². The van der Waals surface area contributed by atoms with E-state index in [0.29, 0.717) is 12.0 Å². The van der Waals surface area contributed by atoms with Crippen LogP contribution < -0.4 is 5.32 Å². The number of hydrogen-bond acceptors (Lipinski definition) is 3. The molecule has 1 saturated heterocycles. The molecule has 0 amide bonds. The Labute approximate surface area is 129 Å². The number of hydrogen-bond donors (Lipinski definition) is 1. The smallest absolute Gasteiger partial charge is 0.173 e. The molecule has 2 aliphatic rings. The number of rotatable bonds is 5. The van der Waals surface area contributed by atoms with Gasteiger partial charge in [-0.3, -0.25) is 0 Å². The van der Waals surface area contributed by atoms with Crippen LogP contribution >= 0.6 is 15.9 Å². The first-order valence-electron chi connectivity index (χ1n) is 7.84. The van der Waals surface area contributed by atoms with Crippen LogP contribution in [0.4, 0.5) is 0 Å². The van der Waals surface area contributed by atoms with Gasteiger partial charge in [-0.05, 0) is 73.0 Å². The molecule has 0 aromatic carbocycles. The van der Waals surface area contributed by atoms with Crippen LogP contribution in [-0.4, -0.2) is 18.8 Å². The molecule has 112 valence electrons. The summed E-state index contributed by atoms with van der Waals surface area (Å²) in [4.78, 5) is 0. The van der Waals surface area contributed by atoms with E-state index in [4.69, 9.17) is 9.15 Å². The fourth-order valence-corrected chi connectivity index (χ4v) is 4.11. The van der Waals surface area contributed by atoms with Crippen LogP contribution in [-0.2, 0) is 4.74 Å². The molecule has 2 fully saturated rings. The molecule has 2 heterocycles. The Kier molecular flexibility index (Phi) is 4.53. The average Bonchev–Trinajstić information content (AvgIpc) is 2.84. The lowest BCUT2D eigenvalue weighted by Gasteiger charge is -2.48. The zero-order valence-electron chi connectivity index (χ0n) is 12.2. The van der Waals surface area contributed by atoms with E-state index in [-0.39, 0.29) is 5.60 Å². The second-order valence-electron chi connectivity index (χ2n) is 6.22. The molecule has 1 spiro atoms. The quantitative estimate of drug-likeness (QED) is 0.859. The van der Waals surface area contributed by atoms with E-state index in [1.807, 2.05) is 0 Å². The van der Waals surface area contributed by atoms with Gasteiger partial charge in [0.25, 0.3) is 0 Å². The predicted octanol–water partition coefficient (Wildman–Crippen LogP) is 4.43. The summed E-state index contributed by atoms with van der Waals surface area (Å²) in [6.45, 7) is 4.17. The highest BCUT2D eigenvalue weighted by atomic mass is 79.9. The average molecular weight is 342 g/mol. The van der Waals surface area contributed by atoms with Crippen molar-refractivity contribution >= 4 is 15.9 Å². The molecule has 3 nitrogen and oxygen atoms in total. The van der Waals surface area contributed by atoms with Gasteiger partial charge in [0, 0.05) is 18.2 Å². The van der Waals surface area contributed by atoms with E-state index in [1.54, 1.807) is 6.26 Å². The summed E-state index contributed by atoms with van der Waals surface area (Å²) >= 11 is 3.55. The normalized spacial score (nSPS) is 26.4. The van der Waals surface area contributed by atoms with E-state index < -0.39 is 0 Å². The van der Waals surface area contributed by atoms with E-state index >= 15 is 0 Å². The molecule has 0 bridgehead atoms. The van der Waals surface area contributed by atoms with Gasteiger partial charge < -0.3 is 14.5 Å². The van der Waals surface area contributed by atoms with Crippen LogP contribution in [0, 0.1) is 5.92 Å². The Bertz CT molecular complexity index is 441.